The van der Waals surface area contributed by atoms with Crippen LogP contribution in [0.2, 0.25) is 0 Å². The van der Waals surface area contributed by atoms with Gasteiger partial charge in [0.2, 0.25) is 0 Å². The van der Waals surface area contributed by atoms with Crippen molar-refractivity contribution >= 4 is 5.91 Å². The van der Waals surface area contributed by atoms with Crippen molar-refractivity contribution in [2.75, 3.05) is 13.1 Å². The van der Waals surface area contributed by atoms with Crippen LogP contribution in [0.15, 0.2) is 18.2 Å². The quantitative estimate of drug-likeness (QED) is 0.942. The number of rotatable bonds is 3. The van der Waals surface area contributed by atoms with Crippen LogP contribution in [0, 0.1) is 13.8 Å². The summed E-state index contributed by atoms with van der Waals surface area (Å²) < 4.78 is 0. The number of hydrogen-bond acceptors (Lipinski definition) is 3. The first-order valence-corrected chi connectivity index (χ1v) is 8.90. The standard InChI is InChI=1S/C19H24N4O/c1-12-3-4-16(11-13(12)2)19(24)23-9-7-15(8-10-23)18-20-17(21-22-18)14-5-6-14/h3-4,11,14-15H,5-10H2,1-2H3,(H,20,21,22). The van der Waals surface area contributed by atoms with E-state index in [4.69, 9.17) is 0 Å². The fraction of sp³-hybridized carbons (Fsp3) is 0.526. The highest BCUT2D eigenvalue weighted by molar-refractivity contribution is 5.94. The molecule has 126 valence electrons. The van der Waals surface area contributed by atoms with Gasteiger partial charge in [-0.15, -0.1) is 0 Å². The molecule has 0 atom stereocenters. The molecule has 4 rings (SSSR count). The maximum atomic E-state index is 12.7. The van der Waals surface area contributed by atoms with Crippen LogP contribution in [0.3, 0.4) is 0 Å². The van der Waals surface area contributed by atoms with Gasteiger partial charge in [-0.25, -0.2) is 4.98 Å². The van der Waals surface area contributed by atoms with Gasteiger partial charge in [-0.1, -0.05) is 6.07 Å². The minimum absolute atomic E-state index is 0.146. The Morgan fingerprint density at radius 1 is 1.08 bits per heavy atom. The molecule has 1 amide bonds. The summed E-state index contributed by atoms with van der Waals surface area (Å²) in [6, 6.07) is 5.97. The molecule has 5 nitrogen and oxygen atoms in total. The predicted octanol–water partition coefficient (Wildman–Crippen LogP) is 3.32. The zero-order chi connectivity index (χ0) is 16.7. The van der Waals surface area contributed by atoms with Crippen molar-refractivity contribution in [2.24, 2.45) is 0 Å². The van der Waals surface area contributed by atoms with Crippen LogP contribution >= 0.6 is 0 Å². The number of H-pyrrole nitrogens is 1. The zero-order valence-electron chi connectivity index (χ0n) is 14.4. The lowest BCUT2D eigenvalue weighted by Gasteiger charge is -2.31. The van der Waals surface area contributed by atoms with Gasteiger partial charge in [0, 0.05) is 30.5 Å². The average molecular weight is 324 g/mol. The number of amides is 1. The summed E-state index contributed by atoms with van der Waals surface area (Å²) in [6.45, 7) is 5.70. The van der Waals surface area contributed by atoms with Gasteiger partial charge < -0.3 is 4.90 Å². The second-order valence-corrected chi connectivity index (χ2v) is 7.22. The molecule has 2 aliphatic rings. The number of likely N-dealkylation sites (tertiary alicyclic amines) is 1. The van der Waals surface area contributed by atoms with Gasteiger partial charge in [-0.3, -0.25) is 9.89 Å². The van der Waals surface area contributed by atoms with Crippen LogP contribution in [0.25, 0.3) is 0 Å². The van der Waals surface area contributed by atoms with E-state index in [0.29, 0.717) is 11.8 Å². The first-order chi connectivity index (χ1) is 11.6. The number of aromatic amines is 1. The van der Waals surface area contributed by atoms with Crippen LogP contribution in [-0.2, 0) is 0 Å². The van der Waals surface area contributed by atoms with E-state index in [-0.39, 0.29) is 5.91 Å². The van der Waals surface area contributed by atoms with Crippen molar-refractivity contribution < 1.29 is 4.79 Å². The first kappa shape index (κ1) is 15.4. The molecule has 1 aromatic carbocycles. The summed E-state index contributed by atoms with van der Waals surface area (Å²) in [5, 5.41) is 7.48. The van der Waals surface area contributed by atoms with Gasteiger partial charge in [0.15, 0.2) is 5.82 Å². The normalized spacial score (nSPS) is 18.8. The average Bonchev–Trinajstić information content (AvgIpc) is 3.34. The van der Waals surface area contributed by atoms with Crippen molar-refractivity contribution in [2.45, 2.75) is 51.4 Å². The van der Waals surface area contributed by atoms with Crippen molar-refractivity contribution in [1.29, 1.82) is 0 Å². The molecular formula is C19H24N4O. The van der Waals surface area contributed by atoms with E-state index < -0.39 is 0 Å². The smallest absolute Gasteiger partial charge is 0.253 e. The van der Waals surface area contributed by atoms with Crippen molar-refractivity contribution in [3.05, 3.63) is 46.5 Å². The molecule has 2 heterocycles. The Morgan fingerprint density at radius 2 is 1.83 bits per heavy atom. The lowest BCUT2D eigenvalue weighted by atomic mass is 9.95. The Balaban J connectivity index is 1.39. The van der Waals surface area contributed by atoms with E-state index in [0.717, 1.165) is 43.1 Å². The number of carbonyl (C=O) groups is 1. The number of piperidine rings is 1. The fourth-order valence-electron chi connectivity index (χ4n) is 3.41. The highest BCUT2D eigenvalue weighted by Gasteiger charge is 2.30. The van der Waals surface area contributed by atoms with Gasteiger partial charge in [0.05, 0.1) is 0 Å². The van der Waals surface area contributed by atoms with Crippen LogP contribution in [-0.4, -0.2) is 39.1 Å². The molecule has 0 bridgehead atoms. The van der Waals surface area contributed by atoms with Gasteiger partial charge in [-0.2, -0.15) is 5.10 Å². The molecule has 0 unspecified atom stereocenters. The van der Waals surface area contributed by atoms with Gasteiger partial charge in [-0.05, 0) is 62.8 Å². The maximum absolute atomic E-state index is 12.7. The molecule has 24 heavy (non-hydrogen) atoms. The fourth-order valence-corrected chi connectivity index (χ4v) is 3.41. The highest BCUT2D eigenvalue weighted by atomic mass is 16.2. The van der Waals surface area contributed by atoms with E-state index in [1.54, 1.807) is 0 Å². The molecule has 1 aromatic heterocycles. The number of carbonyl (C=O) groups excluding carboxylic acids is 1. The summed E-state index contributed by atoms with van der Waals surface area (Å²) >= 11 is 0. The summed E-state index contributed by atoms with van der Waals surface area (Å²) in [7, 11) is 0. The number of aryl methyl sites for hydroxylation is 2. The third-order valence-electron chi connectivity index (χ3n) is 5.39. The number of nitrogens with zero attached hydrogens (tertiary/aromatic N) is 3. The maximum Gasteiger partial charge on any atom is 0.253 e. The summed E-state index contributed by atoms with van der Waals surface area (Å²) in [6.07, 6.45) is 4.35. The molecule has 2 aromatic rings. The van der Waals surface area contributed by atoms with Gasteiger partial charge in [0.25, 0.3) is 5.91 Å². The second-order valence-electron chi connectivity index (χ2n) is 7.22. The predicted molar refractivity (Wildman–Crippen MR) is 92.2 cm³/mol. The Morgan fingerprint density at radius 3 is 2.50 bits per heavy atom. The molecule has 0 spiro atoms. The van der Waals surface area contributed by atoms with Crippen LogP contribution in [0.4, 0.5) is 0 Å². The largest absolute Gasteiger partial charge is 0.339 e. The zero-order valence-corrected chi connectivity index (χ0v) is 14.4. The van der Waals surface area contributed by atoms with Gasteiger partial charge >= 0.3 is 0 Å². The lowest BCUT2D eigenvalue weighted by Crippen LogP contribution is -2.38. The Labute approximate surface area is 142 Å². The number of aromatic nitrogens is 3. The monoisotopic (exact) mass is 324 g/mol. The SMILES string of the molecule is Cc1ccc(C(=O)N2CCC(c3nc(C4CC4)n[nH]3)CC2)cc1C. The molecule has 5 heteroatoms. The number of nitrogens with one attached hydrogen (secondary N) is 1. The first-order valence-electron chi connectivity index (χ1n) is 8.90. The Hall–Kier alpha value is -2.17. The van der Waals surface area contributed by atoms with Crippen molar-refractivity contribution in [3.8, 4) is 0 Å². The minimum Gasteiger partial charge on any atom is -0.339 e. The number of hydrogen-bond donors (Lipinski definition) is 1. The van der Waals surface area contributed by atoms with E-state index in [1.807, 2.05) is 23.1 Å². The van der Waals surface area contributed by atoms with Crippen LogP contribution < -0.4 is 0 Å². The van der Waals surface area contributed by atoms with E-state index >= 15 is 0 Å². The third-order valence-corrected chi connectivity index (χ3v) is 5.39. The number of benzene rings is 1. The molecule has 1 saturated carbocycles. The summed E-state index contributed by atoms with van der Waals surface area (Å²) in [5.41, 5.74) is 3.19. The molecular weight excluding hydrogens is 300 g/mol. The highest BCUT2D eigenvalue weighted by Crippen LogP contribution is 2.38. The third kappa shape index (κ3) is 2.95. The minimum atomic E-state index is 0.146. The molecule has 1 N–H and O–H groups in total. The van der Waals surface area contributed by atoms with E-state index in [9.17, 15) is 4.79 Å². The Kier molecular flexibility index (Phi) is 3.87. The van der Waals surface area contributed by atoms with Crippen LogP contribution in [0.5, 0.6) is 0 Å². The second kappa shape index (κ2) is 6.04. The van der Waals surface area contributed by atoms with Gasteiger partial charge in [0.1, 0.15) is 5.82 Å². The lowest BCUT2D eigenvalue weighted by molar-refractivity contribution is 0.0711. The van der Waals surface area contributed by atoms with Crippen molar-refractivity contribution in [1.82, 2.24) is 20.1 Å². The topological polar surface area (TPSA) is 61.9 Å². The molecule has 1 saturated heterocycles. The van der Waals surface area contributed by atoms with Crippen LogP contribution in [0.1, 0.15) is 70.7 Å². The Bertz CT molecular complexity index is 754. The molecule has 2 fully saturated rings. The van der Waals surface area contributed by atoms with E-state index in [1.165, 1.54) is 24.0 Å². The van der Waals surface area contributed by atoms with E-state index in [2.05, 4.69) is 29.0 Å². The molecule has 0 radical (unpaired) electrons. The van der Waals surface area contributed by atoms with Crippen molar-refractivity contribution in [3.63, 3.8) is 0 Å². The summed E-state index contributed by atoms with van der Waals surface area (Å²) in [4.78, 5) is 19.3. The summed E-state index contributed by atoms with van der Waals surface area (Å²) in [5.74, 6) is 3.12. The molecule has 1 aliphatic heterocycles. The molecule has 1 aliphatic carbocycles.